The van der Waals surface area contributed by atoms with Gasteiger partial charge in [0.1, 0.15) is 17.4 Å². The molecule has 1 heterocycles. The molecule has 1 aliphatic heterocycles. The van der Waals surface area contributed by atoms with Gasteiger partial charge in [-0.1, -0.05) is 0 Å². The zero-order chi connectivity index (χ0) is 22.2. The fourth-order valence-electron chi connectivity index (χ4n) is 3.59. The van der Waals surface area contributed by atoms with Crippen molar-refractivity contribution in [1.82, 2.24) is 10.2 Å². The second-order valence-electron chi connectivity index (χ2n) is 7.40. The van der Waals surface area contributed by atoms with Gasteiger partial charge in [-0.3, -0.25) is 9.59 Å². The summed E-state index contributed by atoms with van der Waals surface area (Å²) in [7, 11) is 1.64. The lowest BCUT2D eigenvalue weighted by atomic mass is 10.2. The molecule has 0 aromatic heterocycles. The summed E-state index contributed by atoms with van der Waals surface area (Å²) in [5, 5.41) is 2.58. The molecule has 0 atom stereocenters. The van der Waals surface area contributed by atoms with Gasteiger partial charge >= 0.3 is 0 Å². The van der Waals surface area contributed by atoms with Crippen molar-refractivity contribution in [2.24, 2.45) is 0 Å². The van der Waals surface area contributed by atoms with Gasteiger partial charge in [0.15, 0.2) is 0 Å². The molecule has 0 spiro atoms. The number of halogens is 2. The van der Waals surface area contributed by atoms with E-state index in [-0.39, 0.29) is 18.0 Å². The van der Waals surface area contributed by atoms with Crippen molar-refractivity contribution >= 4 is 17.5 Å². The predicted molar refractivity (Wildman–Crippen MR) is 114 cm³/mol. The number of rotatable bonds is 7. The van der Waals surface area contributed by atoms with Crippen molar-refractivity contribution in [2.75, 3.05) is 44.7 Å². The Morgan fingerprint density at radius 1 is 1.03 bits per heavy atom. The molecule has 1 saturated heterocycles. The van der Waals surface area contributed by atoms with Crippen molar-refractivity contribution in [1.29, 1.82) is 0 Å². The minimum absolute atomic E-state index is 0.0405. The number of hydrogen-bond donors (Lipinski definition) is 1. The summed E-state index contributed by atoms with van der Waals surface area (Å²) < 4.78 is 31.8. The summed E-state index contributed by atoms with van der Waals surface area (Å²) >= 11 is 0. The molecule has 3 rings (SSSR count). The molecule has 6 nitrogen and oxygen atoms in total. The second-order valence-corrected chi connectivity index (χ2v) is 7.40. The van der Waals surface area contributed by atoms with Crippen molar-refractivity contribution in [3.05, 3.63) is 59.7 Å². The topological polar surface area (TPSA) is 61.9 Å². The molecule has 0 saturated carbocycles. The number of amides is 2. The highest BCUT2D eigenvalue weighted by atomic mass is 19.1. The quantitative estimate of drug-likeness (QED) is 0.684. The van der Waals surface area contributed by atoms with Crippen molar-refractivity contribution < 1.29 is 23.1 Å². The fraction of sp³-hybridized carbons (Fsp3) is 0.391. The summed E-state index contributed by atoms with van der Waals surface area (Å²) in [5.74, 6) is -1.40. The van der Waals surface area contributed by atoms with Crippen LogP contribution in [0.2, 0.25) is 0 Å². The Morgan fingerprint density at radius 3 is 2.52 bits per heavy atom. The van der Waals surface area contributed by atoms with E-state index in [0.717, 1.165) is 43.1 Å². The number of hydrogen-bond acceptors (Lipinski definition) is 4. The molecule has 166 valence electrons. The van der Waals surface area contributed by atoms with Crippen LogP contribution in [0, 0.1) is 11.6 Å². The van der Waals surface area contributed by atoms with E-state index >= 15 is 0 Å². The molecule has 0 unspecified atom stereocenters. The lowest BCUT2D eigenvalue weighted by Crippen LogP contribution is -2.35. The van der Waals surface area contributed by atoms with Crippen LogP contribution in [-0.4, -0.2) is 56.5 Å². The maximum atomic E-state index is 13.6. The molecular weight excluding hydrogens is 404 g/mol. The zero-order valence-corrected chi connectivity index (χ0v) is 17.6. The summed E-state index contributed by atoms with van der Waals surface area (Å²) in [6, 6.07) is 10.7. The number of carbonyl (C=O) groups excluding carboxylic acids is 2. The Labute approximate surface area is 180 Å². The van der Waals surface area contributed by atoms with Gasteiger partial charge in [-0.2, -0.15) is 0 Å². The van der Waals surface area contributed by atoms with E-state index in [2.05, 4.69) is 10.2 Å². The second kappa shape index (κ2) is 10.7. The van der Waals surface area contributed by atoms with E-state index in [0.29, 0.717) is 32.0 Å². The van der Waals surface area contributed by atoms with Gasteiger partial charge in [0.05, 0.1) is 12.7 Å². The molecule has 0 bridgehead atoms. The van der Waals surface area contributed by atoms with Crippen LogP contribution in [0.3, 0.4) is 0 Å². The van der Waals surface area contributed by atoms with Crippen LogP contribution in [0.25, 0.3) is 0 Å². The van der Waals surface area contributed by atoms with Gasteiger partial charge in [-0.15, -0.1) is 0 Å². The van der Waals surface area contributed by atoms with Crippen LogP contribution in [0.15, 0.2) is 42.5 Å². The van der Waals surface area contributed by atoms with Gasteiger partial charge in [0.25, 0.3) is 5.91 Å². The molecule has 0 aliphatic carbocycles. The maximum absolute atomic E-state index is 13.6. The first kappa shape index (κ1) is 22.5. The smallest absolute Gasteiger partial charge is 0.254 e. The monoisotopic (exact) mass is 431 g/mol. The Kier molecular flexibility index (Phi) is 7.81. The number of carbonyl (C=O) groups is 2. The Morgan fingerprint density at radius 2 is 1.81 bits per heavy atom. The maximum Gasteiger partial charge on any atom is 0.254 e. The van der Waals surface area contributed by atoms with Crippen LogP contribution < -0.4 is 15.0 Å². The predicted octanol–water partition coefficient (Wildman–Crippen LogP) is 3.22. The average molecular weight is 431 g/mol. The minimum atomic E-state index is -0.903. The Hall–Kier alpha value is -3.16. The van der Waals surface area contributed by atoms with E-state index in [1.165, 1.54) is 0 Å². The summed E-state index contributed by atoms with van der Waals surface area (Å²) in [6.07, 6.45) is 1.62. The number of benzene rings is 2. The largest absolute Gasteiger partial charge is 0.497 e. The third kappa shape index (κ3) is 6.16. The third-order valence-corrected chi connectivity index (χ3v) is 5.31. The van der Waals surface area contributed by atoms with E-state index in [1.807, 2.05) is 29.2 Å². The van der Waals surface area contributed by atoms with Gasteiger partial charge < -0.3 is 19.9 Å². The molecule has 0 radical (unpaired) electrons. The van der Waals surface area contributed by atoms with Crippen molar-refractivity contribution in [2.45, 2.75) is 19.3 Å². The van der Waals surface area contributed by atoms with E-state index < -0.39 is 17.5 Å². The third-order valence-electron chi connectivity index (χ3n) is 5.31. The van der Waals surface area contributed by atoms with Crippen LogP contribution >= 0.6 is 0 Å². The average Bonchev–Trinajstić information content (AvgIpc) is 3.03. The SMILES string of the molecule is COc1ccc(N2CCCN(C(=O)CCCNC(=O)c3ccc(F)cc3F)CC2)cc1. The van der Waals surface area contributed by atoms with E-state index in [1.54, 1.807) is 7.11 Å². The minimum Gasteiger partial charge on any atom is -0.497 e. The highest BCUT2D eigenvalue weighted by Crippen LogP contribution is 2.20. The first-order valence-electron chi connectivity index (χ1n) is 10.4. The molecule has 31 heavy (non-hydrogen) atoms. The van der Waals surface area contributed by atoms with E-state index in [4.69, 9.17) is 4.74 Å². The summed E-state index contributed by atoms with van der Waals surface area (Å²) in [6.45, 7) is 3.19. The molecule has 2 aromatic rings. The lowest BCUT2D eigenvalue weighted by molar-refractivity contribution is -0.131. The van der Waals surface area contributed by atoms with Gasteiger partial charge in [0.2, 0.25) is 5.91 Å². The standard InChI is InChI=1S/C23H27F2N3O3/c1-31-19-8-6-18(7-9-19)27-12-3-13-28(15-14-27)22(29)4-2-11-26-23(30)20-10-5-17(24)16-21(20)25/h5-10,16H,2-4,11-15H2,1H3,(H,26,30). The fourth-order valence-corrected chi connectivity index (χ4v) is 3.59. The van der Waals surface area contributed by atoms with Crippen LogP contribution in [0.1, 0.15) is 29.6 Å². The molecule has 1 aliphatic rings. The molecule has 8 heteroatoms. The number of nitrogens with one attached hydrogen (secondary N) is 1. The Balaban J connectivity index is 1.41. The number of anilines is 1. The molecule has 2 aromatic carbocycles. The number of methoxy groups -OCH3 is 1. The van der Waals surface area contributed by atoms with Crippen LogP contribution in [0.5, 0.6) is 5.75 Å². The van der Waals surface area contributed by atoms with Crippen molar-refractivity contribution in [3.8, 4) is 5.75 Å². The number of nitrogens with zero attached hydrogens (tertiary/aromatic N) is 2. The first-order valence-corrected chi connectivity index (χ1v) is 10.4. The molecule has 1 N–H and O–H groups in total. The summed E-state index contributed by atoms with van der Waals surface area (Å²) in [5.41, 5.74) is 0.893. The van der Waals surface area contributed by atoms with Crippen LogP contribution in [-0.2, 0) is 4.79 Å². The van der Waals surface area contributed by atoms with E-state index in [9.17, 15) is 18.4 Å². The normalized spacial score (nSPS) is 14.2. The van der Waals surface area contributed by atoms with Crippen molar-refractivity contribution in [3.63, 3.8) is 0 Å². The highest BCUT2D eigenvalue weighted by molar-refractivity contribution is 5.94. The molecule has 1 fully saturated rings. The first-order chi connectivity index (χ1) is 15.0. The zero-order valence-electron chi connectivity index (χ0n) is 17.6. The van der Waals surface area contributed by atoms with Gasteiger partial charge in [-0.05, 0) is 49.2 Å². The highest BCUT2D eigenvalue weighted by Gasteiger charge is 2.19. The number of ether oxygens (including phenoxy) is 1. The Bertz CT molecular complexity index is 905. The van der Waals surface area contributed by atoms with Gasteiger partial charge in [0, 0.05) is 50.9 Å². The lowest BCUT2D eigenvalue weighted by Gasteiger charge is -2.24. The molecular formula is C23H27F2N3O3. The summed E-state index contributed by atoms with van der Waals surface area (Å²) in [4.78, 5) is 28.7. The molecule has 2 amide bonds. The van der Waals surface area contributed by atoms with Crippen LogP contribution in [0.4, 0.5) is 14.5 Å². The van der Waals surface area contributed by atoms with Gasteiger partial charge in [-0.25, -0.2) is 8.78 Å².